The lowest BCUT2D eigenvalue weighted by Gasteiger charge is -2.10. The molecule has 0 atom stereocenters. The van der Waals surface area contributed by atoms with Crippen LogP contribution in [0, 0.1) is 0 Å². The number of amides is 1. The summed E-state index contributed by atoms with van der Waals surface area (Å²) in [5.41, 5.74) is 3.37. The number of ether oxygens (including phenoxy) is 1. The normalized spacial score (nSPS) is 10.6. The number of nitrogens with one attached hydrogen (secondary N) is 1. The van der Waals surface area contributed by atoms with E-state index in [0.717, 1.165) is 28.1 Å². The number of hydrogen-bond acceptors (Lipinski definition) is 6. The van der Waals surface area contributed by atoms with Crippen LogP contribution < -0.4 is 10.1 Å². The number of carbonyl (C=O) groups excluding carboxylic acids is 1. The zero-order valence-electron chi connectivity index (χ0n) is 17.1. The highest BCUT2D eigenvalue weighted by Crippen LogP contribution is 2.21. The first-order valence-corrected chi connectivity index (χ1v) is 10.0. The molecular formula is C24H22N4O3. The third-order valence-corrected chi connectivity index (χ3v) is 4.64. The van der Waals surface area contributed by atoms with Gasteiger partial charge in [0.25, 0.3) is 0 Å². The number of pyridine rings is 1. The second-order valence-electron chi connectivity index (χ2n) is 6.88. The van der Waals surface area contributed by atoms with Gasteiger partial charge < -0.3 is 14.6 Å². The van der Waals surface area contributed by atoms with Crippen molar-refractivity contribution in [2.24, 2.45) is 0 Å². The van der Waals surface area contributed by atoms with Gasteiger partial charge >= 0.3 is 0 Å². The van der Waals surface area contributed by atoms with Gasteiger partial charge in [-0.25, -0.2) is 0 Å². The van der Waals surface area contributed by atoms with Crippen LogP contribution >= 0.6 is 0 Å². The Balaban J connectivity index is 1.42. The number of para-hydroxylation sites is 1. The van der Waals surface area contributed by atoms with Gasteiger partial charge in [0, 0.05) is 23.6 Å². The average molecular weight is 414 g/mol. The Hall–Kier alpha value is -4.00. The van der Waals surface area contributed by atoms with Gasteiger partial charge in [0.2, 0.25) is 17.6 Å². The smallest absolute Gasteiger partial charge is 0.231 e. The van der Waals surface area contributed by atoms with Gasteiger partial charge in [-0.15, -0.1) is 0 Å². The first kappa shape index (κ1) is 20.3. The van der Waals surface area contributed by atoms with Crippen molar-refractivity contribution in [1.82, 2.24) is 15.1 Å². The summed E-state index contributed by atoms with van der Waals surface area (Å²) < 4.78 is 10.8. The molecule has 2 aromatic heterocycles. The molecule has 0 saturated carbocycles. The molecule has 0 bridgehead atoms. The summed E-state index contributed by atoms with van der Waals surface area (Å²) in [6.07, 6.45) is 4.05. The van der Waals surface area contributed by atoms with Crippen LogP contribution in [0.5, 0.6) is 5.75 Å². The lowest BCUT2D eigenvalue weighted by Crippen LogP contribution is -2.15. The molecule has 0 saturated heterocycles. The first-order chi connectivity index (χ1) is 15.2. The summed E-state index contributed by atoms with van der Waals surface area (Å²) in [6, 6.07) is 18.8. The summed E-state index contributed by atoms with van der Waals surface area (Å²) in [4.78, 5) is 21.0. The molecule has 1 N–H and O–H groups in total. The third-order valence-electron chi connectivity index (χ3n) is 4.64. The zero-order valence-corrected chi connectivity index (χ0v) is 17.1. The highest BCUT2D eigenvalue weighted by Gasteiger charge is 2.13. The Kier molecular flexibility index (Phi) is 6.32. The monoisotopic (exact) mass is 414 g/mol. The van der Waals surface area contributed by atoms with Crippen LogP contribution in [0.2, 0.25) is 0 Å². The average Bonchev–Trinajstić information content (AvgIpc) is 3.26. The number of anilines is 1. The molecule has 0 aliphatic carbocycles. The van der Waals surface area contributed by atoms with Crippen LogP contribution in [0.4, 0.5) is 5.69 Å². The van der Waals surface area contributed by atoms with Gasteiger partial charge in [-0.3, -0.25) is 9.78 Å². The summed E-state index contributed by atoms with van der Waals surface area (Å²) in [6.45, 7) is 2.55. The van der Waals surface area contributed by atoms with E-state index in [1.54, 1.807) is 12.4 Å². The van der Waals surface area contributed by atoms with E-state index >= 15 is 0 Å². The van der Waals surface area contributed by atoms with E-state index in [4.69, 9.17) is 9.26 Å². The largest absolute Gasteiger partial charge is 0.494 e. The van der Waals surface area contributed by atoms with E-state index in [9.17, 15) is 4.79 Å². The first-order valence-electron chi connectivity index (χ1n) is 10.0. The predicted octanol–water partition coefficient (Wildman–Crippen LogP) is 4.30. The van der Waals surface area contributed by atoms with Gasteiger partial charge in [-0.05, 0) is 48.4 Å². The molecule has 156 valence electrons. The molecule has 2 aromatic carbocycles. The van der Waals surface area contributed by atoms with Crippen LogP contribution in [0.25, 0.3) is 11.4 Å². The minimum absolute atomic E-state index is 0.0976. The van der Waals surface area contributed by atoms with Crippen molar-refractivity contribution >= 4 is 11.6 Å². The molecule has 2 heterocycles. The molecule has 7 nitrogen and oxygen atoms in total. The molecule has 31 heavy (non-hydrogen) atoms. The molecule has 7 heteroatoms. The highest BCUT2D eigenvalue weighted by atomic mass is 16.5. The quantitative estimate of drug-likeness (QED) is 0.462. The van der Waals surface area contributed by atoms with E-state index in [1.165, 1.54) is 0 Å². The lowest BCUT2D eigenvalue weighted by atomic mass is 10.1. The van der Waals surface area contributed by atoms with E-state index < -0.39 is 0 Å². The van der Waals surface area contributed by atoms with E-state index in [0.29, 0.717) is 24.7 Å². The van der Waals surface area contributed by atoms with Gasteiger partial charge in [-0.2, -0.15) is 4.98 Å². The molecule has 0 radical (unpaired) electrons. The summed E-state index contributed by atoms with van der Waals surface area (Å²) in [7, 11) is 0. The van der Waals surface area contributed by atoms with Crippen molar-refractivity contribution in [3.8, 4) is 17.1 Å². The van der Waals surface area contributed by atoms with E-state index in [1.807, 2.05) is 67.6 Å². The van der Waals surface area contributed by atoms with E-state index in [-0.39, 0.29) is 12.3 Å². The summed E-state index contributed by atoms with van der Waals surface area (Å²) >= 11 is 0. The fourth-order valence-corrected chi connectivity index (χ4v) is 3.15. The molecule has 1 amide bonds. The Morgan fingerprint density at radius 3 is 2.58 bits per heavy atom. The SMILES string of the molecule is CCOc1ccc(CC(=O)Nc2ccccc2Cc2nc(-c3ccncc3)no2)cc1. The number of carbonyl (C=O) groups is 1. The Morgan fingerprint density at radius 2 is 1.81 bits per heavy atom. The second-order valence-corrected chi connectivity index (χ2v) is 6.88. The van der Waals surface area contributed by atoms with Crippen molar-refractivity contribution in [2.75, 3.05) is 11.9 Å². The number of aromatic nitrogens is 3. The number of benzene rings is 2. The van der Waals surface area contributed by atoms with E-state index in [2.05, 4.69) is 20.4 Å². The molecule has 4 aromatic rings. The molecule has 0 spiro atoms. The maximum atomic E-state index is 12.6. The lowest BCUT2D eigenvalue weighted by molar-refractivity contribution is -0.115. The van der Waals surface area contributed by atoms with Gasteiger partial charge in [-0.1, -0.05) is 35.5 Å². The Bertz CT molecular complexity index is 1140. The number of hydrogen-bond donors (Lipinski definition) is 1. The van der Waals surface area contributed by atoms with Crippen LogP contribution in [-0.2, 0) is 17.6 Å². The predicted molar refractivity (Wildman–Crippen MR) is 117 cm³/mol. The Labute approximate surface area is 180 Å². The maximum absolute atomic E-state index is 12.6. The van der Waals surface area contributed by atoms with Crippen LogP contribution in [0.3, 0.4) is 0 Å². The Morgan fingerprint density at radius 1 is 1.03 bits per heavy atom. The second kappa shape index (κ2) is 9.67. The minimum atomic E-state index is -0.0976. The van der Waals surface area contributed by atoms with Gasteiger partial charge in [0.15, 0.2) is 0 Å². The minimum Gasteiger partial charge on any atom is -0.494 e. The van der Waals surface area contributed by atoms with Crippen molar-refractivity contribution in [3.05, 3.63) is 90.1 Å². The molecule has 0 unspecified atom stereocenters. The number of rotatable bonds is 8. The zero-order chi connectivity index (χ0) is 21.5. The third kappa shape index (κ3) is 5.33. The number of nitrogens with zero attached hydrogens (tertiary/aromatic N) is 3. The standard InChI is InChI=1S/C24H22N4O3/c1-2-30-20-9-7-17(8-10-20)15-22(29)26-21-6-4-3-5-19(21)16-23-27-24(28-31-23)18-11-13-25-14-12-18/h3-14H,2,15-16H2,1H3,(H,26,29). The van der Waals surface area contributed by atoms with Crippen LogP contribution in [-0.4, -0.2) is 27.6 Å². The maximum Gasteiger partial charge on any atom is 0.231 e. The fraction of sp³-hybridized carbons (Fsp3) is 0.167. The van der Waals surface area contributed by atoms with Gasteiger partial charge in [0.05, 0.1) is 19.4 Å². The van der Waals surface area contributed by atoms with Crippen molar-refractivity contribution in [3.63, 3.8) is 0 Å². The molecular weight excluding hydrogens is 392 g/mol. The van der Waals surface area contributed by atoms with Crippen molar-refractivity contribution < 1.29 is 14.1 Å². The highest BCUT2D eigenvalue weighted by molar-refractivity contribution is 5.93. The molecule has 0 aliphatic rings. The summed E-state index contributed by atoms with van der Waals surface area (Å²) in [5, 5.41) is 7.03. The fourth-order valence-electron chi connectivity index (χ4n) is 3.15. The molecule has 0 aliphatic heterocycles. The van der Waals surface area contributed by atoms with Crippen molar-refractivity contribution in [2.45, 2.75) is 19.8 Å². The topological polar surface area (TPSA) is 90.1 Å². The van der Waals surface area contributed by atoms with Gasteiger partial charge in [0.1, 0.15) is 5.75 Å². The van der Waals surface area contributed by atoms with Crippen LogP contribution in [0.1, 0.15) is 23.9 Å². The summed E-state index contributed by atoms with van der Waals surface area (Å²) in [5.74, 6) is 1.68. The van der Waals surface area contributed by atoms with Crippen molar-refractivity contribution in [1.29, 1.82) is 0 Å². The van der Waals surface area contributed by atoms with Crippen LogP contribution in [0.15, 0.2) is 77.6 Å². The molecule has 0 fully saturated rings. The molecule has 4 rings (SSSR count).